The minimum Gasteiger partial charge on any atom is -0.351 e. The minimum atomic E-state index is -3.48. The first-order chi connectivity index (χ1) is 15.2. The van der Waals surface area contributed by atoms with E-state index in [4.69, 9.17) is 0 Å². The molecule has 3 aromatic rings. The summed E-state index contributed by atoms with van der Waals surface area (Å²) in [7, 11) is -3.48. The van der Waals surface area contributed by atoms with Crippen LogP contribution in [0.2, 0.25) is 0 Å². The van der Waals surface area contributed by atoms with Gasteiger partial charge in [0.15, 0.2) is 0 Å². The molecule has 0 aliphatic carbocycles. The van der Waals surface area contributed by atoms with Crippen molar-refractivity contribution >= 4 is 33.4 Å². The average molecular weight is 469 g/mol. The fourth-order valence-corrected chi connectivity index (χ4v) is 4.84. The maximum absolute atomic E-state index is 12.5. The molecule has 0 bridgehead atoms. The number of nitrogens with zero attached hydrogens (tertiary/aromatic N) is 1. The molecular formula is C25H28N2O3S2. The molecule has 0 aliphatic heterocycles. The van der Waals surface area contributed by atoms with Gasteiger partial charge in [-0.2, -0.15) is 0 Å². The molecule has 5 nitrogen and oxygen atoms in total. The second-order valence-electron chi connectivity index (χ2n) is 7.66. The summed E-state index contributed by atoms with van der Waals surface area (Å²) < 4.78 is 26.2. The Morgan fingerprint density at radius 1 is 0.938 bits per heavy atom. The second-order valence-corrected chi connectivity index (χ2v) is 10.7. The van der Waals surface area contributed by atoms with Crippen LogP contribution in [0, 0.1) is 13.8 Å². The van der Waals surface area contributed by atoms with E-state index in [1.54, 1.807) is 36.0 Å². The Labute approximate surface area is 194 Å². The number of rotatable bonds is 9. The van der Waals surface area contributed by atoms with Gasteiger partial charge in [-0.1, -0.05) is 42.0 Å². The van der Waals surface area contributed by atoms with Crippen LogP contribution >= 0.6 is 11.8 Å². The lowest BCUT2D eigenvalue weighted by Gasteiger charge is -2.23. The standard InChI is InChI=1S/C25H28N2O3S2/c1-19-8-14-24(15-9-19)31-17-16-26-25(28)21-10-12-23(13-11-21)27(32(3,29)30)18-22-7-5-4-6-20(22)2/h4-15H,16-18H2,1-3H3,(H,26,28). The number of anilines is 1. The number of hydrogen-bond acceptors (Lipinski definition) is 4. The molecule has 168 valence electrons. The minimum absolute atomic E-state index is 0.175. The van der Waals surface area contributed by atoms with E-state index in [1.165, 1.54) is 21.0 Å². The van der Waals surface area contributed by atoms with Crippen LogP contribution in [0.3, 0.4) is 0 Å². The zero-order chi connectivity index (χ0) is 23.1. The van der Waals surface area contributed by atoms with E-state index in [0.29, 0.717) is 17.8 Å². The Balaban J connectivity index is 1.61. The van der Waals surface area contributed by atoms with Crippen molar-refractivity contribution in [2.24, 2.45) is 0 Å². The monoisotopic (exact) mass is 468 g/mol. The van der Waals surface area contributed by atoms with Crippen molar-refractivity contribution in [2.45, 2.75) is 25.3 Å². The van der Waals surface area contributed by atoms with Gasteiger partial charge >= 0.3 is 0 Å². The van der Waals surface area contributed by atoms with E-state index >= 15 is 0 Å². The van der Waals surface area contributed by atoms with E-state index in [2.05, 4.69) is 36.5 Å². The Morgan fingerprint density at radius 2 is 1.59 bits per heavy atom. The highest BCUT2D eigenvalue weighted by atomic mass is 32.2. The van der Waals surface area contributed by atoms with Gasteiger partial charge in [-0.3, -0.25) is 9.10 Å². The number of nitrogens with one attached hydrogen (secondary N) is 1. The molecule has 0 heterocycles. The number of sulfonamides is 1. The third-order valence-electron chi connectivity index (χ3n) is 5.07. The maximum atomic E-state index is 12.5. The van der Waals surface area contributed by atoms with E-state index < -0.39 is 10.0 Å². The van der Waals surface area contributed by atoms with Gasteiger partial charge < -0.3 is 5.32 Å². The summed E-state index contributed by atoms with van der Waals surface area (Å²) in [5, 5.41) is 2.92. The number of hydrogen-bond donors (Lipinski definition) is 1. The molecule has 32 heavy (non-hydrogen) atoms. The molecule has 7 heteroatoms. The fourth-order valence-electron chi connectivity index (χ4n) is 3.19. The number of benzene rings is 3. The number of carbonyl (C=O) groups excluding carboxylic acids is 1. The maximum Gasteiger partial charge on any atom is 0.251 e. The van der Waals surface area contributed by atoms with Crippen molar-refractivity contribution in [3.8, 4) is 0 Å². The summed E-state index contributed by atoms with van der Waals surface area (Å²) >= 11 is 1.69. The number of aryl methyl sites for hydroxylation is 2. The molecule has 0 aliphatic rings. The molecule has 3 aromatic carbocycles. The Kier molecular flexibility index (Phi) is 7.99. The van der Waals surface area contributed by atoms with Crippen LogP contribution in [0.4, 0.5) is 5.69 Å². The molecule has 0 spiro atoms. The summed E-state index contributed by atoms with van der Waals surface area (Å²) in [4.78, 5) is 13.6. The molecule has 0 aromatic heterocycles. The topological polar surface area (TPSA) is 66.5 Å². The first-order valence-electron chi connectivity index (χ1n) is 10.3. The van der Waals surface area contributed by atoms with Gasteiger partial charge in [-0.25, -0.2) is 8.42 Å². The molecule has 0 atom stereocenters. The lowest BCUT2D eigenvalue weighted by molar-refractivity contribution is 0.0956. The van der Waals surface area contributed by atoms with Gasteiger partial charge in [0.2, 0.25) is 10.0 Å². The number of carbonyl (C=O) groups is 1. The molecule has 0 saturated carbocycles. The SMILES string of the molecule is Cc1ccc(SCCNC(=O)c2ccc(N(Cc3ccccc3C)S(C)(=O)=O)cc2)cc1. The average Bonchev–Trinajstić information content (AvgIpc) is 2.76. The van der Waals surface area contributed by atoms with Gasteiger partial charge in [0.05, 0.1) is 18.5 Å². The van der Waals surface area contributed by atoms with Gasteiger partial charge in [-0.05, 0) is 61.4 Å². The van der Waals surface area contributed by atoms with E-state index in [0.717, 1.165) is 16.9 Å². The van der Waals surface area contributed by atoms with Crippen molar-refractivity contribution in [1.29, 1.82) is 0 Å². The highest BCUT2D eigenvalue weighted by molar-refractivity contribution is 7.99. The lowest BCUT2D eigenvalue weighted by atomic mass is 10.1. The van der Waals surface area contributed by atoms with Gasteiger partial charge in [0.25, 0.3) is 5.91 Å². The van der Waals surface area contributed by atoms with Crippen molar-refractivity contribution < 1.29 is 13.2 Å². The predicted octanol–water partition coefficient (Wildman–Crippen LogP) is 4.79. The van der Waals surface area contributed by atoms with Crippen molar-refractivity contribution in [3.63, 3.8) is 0 Å². The van der Waals surface area contributed by atoms with Crippen molar-refractivity contribution in [2.75, 3.05) is 22.9 Å². The molecule has 0 unspecified atom stereocenters. The van der Waals surface area contributed by atoms with E-state index in [9.17, 15) is 13.2 Å². The zero-order valence-corrected chi connectivity index (χ0v) is 20.2. The van der Waals surface area contributed by atoms with Crippen LogP contribution in [0.5, 0.6) is 0 Å². The van der Waals surface area contributed by atoms with E-state index in [-0.39, 0.29) is 12.5 Å². The van der Waals surface area contributed by atoms with Gasteiger partial charge in [0, 0.05) is 22.8 Å². The zero-order valence-electron chi connectivity index (χ0n) is 18.5. The highest BCUT2D eigenvalue weighted by Gasteiger charge is 2.19. The Hall–Kier alpha value is -2.77. The number of thioether (sulfide) groups is 1. The summed E-state index contributed by atoms with van der Waals surface area (Å²) in [5.41, 5.74) is 4.21. The van der Waals surface area contributed by atoms with Gasteiger partial charge in [-0.15, -0.1) is 11.8 Å². The molecule has 0 radical (unpaired) electrons. The highest BCUT2D eigenvalue weighted by Crippen LogP contribution is 2.23. The largest absolute Gasteiger partial charge is 0.351 e. The van der Waals surface area contributed by atoms with Crippen LogP contribution in [-0.2, 0) is 16.6 Å². The van der Waals surface area contributed by atoms with Crippen LogP contribution in [0.15, 0.2) is 77.7 Å². The molecule has 0 saturated heterocycles. The lowest BCUT2D eigenvalue weighted by Crippen LogP contribution is -2.30. The normalized spacial score (nSPS) is 11.2. The summed E-state index contributed by atoms with van der Waals surface area (Å²) in [6, 6.07) is 22.7. The Morgan fingerprint density at radius 3 is 2.22 bits per heavy atom. The first-order valence-corrected chi connectivity index (χ1v) is 13.2. The quantitative estimate of drug-likeness (QED) is 0.362. The Bertz CT molecular complexity index is 1160. The van der Waals surface area contributed by atoms with Crippen molar-refractivity contribution in [3.05, 3.63) is 95.1 Å². The molecule has 0 fully saturated rings. The van der Waals surface area contributed by atoms with E-state index in [1.807, 2.05) is 31.2 Å². The number of amides is 1. The van der Waals surface area contributed by atoms with Gasteiger partial charge in [0.1, 0.15) is 0 Å². The summed E-state index contributed by atoms with van der Waals surface area (Å²) in [6.45, 7) is 4.80. The van der Waals surface area contributed by atoms with Crippen LogP contribution in [-0.4, -0.2) is 32.9 Å². The van der Waals surface area contributed by atoms with Crippen LogP contribution in [0.25, 0.3) is 0 Å². The van der Waals surface area contributed by atoms with Crippen LogP contribution in [0.1, 0.15) is 27.0 Å². The third kappa shape index (κ3) is 6.61. The smallest absolute Gasteiger partial charge is 0.251 e. The molecule has 1 amide bonds. The fraction of sp³-hybridized carbons (Fsp3) is 0.240. The third-order valence-corrected chi connectivity index (χ3v) is 7.22. The molecule has 1 N–H and O–H groups in total. The summed E-state index contributed by atoms with van der Waals surface area (Å²) in [6.07, 6.45) is 1.19. The predicted molar refractivity (Wildman–Crippen MR) is 133 cm³/mol. The van der Waals surface area contributed by atoms with Crippen molar-refractivity contribution in [1.82, 2.24) is 5.32 Å². The van der Waals surface area contributed by atoms with Crippen LogP contribution < -0.4 is 9.62 Å². The molecular weight excluding hydrogens is 440 g/mol. The second kappa shape index (κ2) is 10.7. The molecule has 3 rings (SSSR count). The summed E-state index contributed by atoms with van der Waals surface area (Å²) in [5.74, 6) is 0.594. The first kappa shape index (κ1) is 23.9.